The van der Waals surface area contributed by atoms with Crippen molar-refractivity contribution in [1.82, 2.24) is 9.47 Å². The first-order valence-electron chi connectivity index (χ1n) is 9.05. The molecule has 1 amide bonds. The lowest BCUT2D eigenvalue weighted by Crippen LogP contribution is -2.52. The minimum atomic E-state index is -0.175. The number of methoxy groups -OCH3 is 1. The Morgan fingerprint density at radius 3 is 2.62 bits per heavy atom. The standard InChI is InChI=1S/C21H26N2O3/c1-15-6-8-16(9-7-15)13-18-19(26-3)5-4-11-23(18)21(25)17-10-12-22(2)20(24)14-17/h6-10,12,14,18-19H,4-5,11,13H2,1-3H3/t18-,19-/m0/s1. The Balaban J connectivity index is 1.88. The molecule has 2 atom stereocenters. The van der Waals surface area contributed by atoms with Crippen molar-refractivity contribution >= 4 is 5.91 Å². The lowest BCUT2D eigenvalue weighted by Gasteiger charge is -2.41. The van der Waals surface area contributed by atoms with Crippen LogP contribution in [0.1, 0.15) is 34.3 Å². The molecule has 0 bridgehead atoms. The number of hydrogen-bond donors (Lipinski definition) is 0. The van der Waals surface area contributed by atoms with E-state index in [2.05, 4.69) is 31.2 Å². The summed E-state index contributed by atoms with van der Waals surface area (Å²) < 4.78 is 7.17. The van der Waals surface area contributed by atoms with Crippen LogP contribution in [0, 0.1) is 6.92 Å². The highest BCUT2D eigenvalue weighted by molar-refractivity contribution is 5.94. The van der Waals surface area contributed by atoms with Crippen molar-refractivity contribution in [2.24, 2.45) is 7.05 Å². The molecule has 2 aromatic rings. The van der Waals surface area contributed by atoms with Crippen LogP contribution in [0.25, 0.3) is 0 Å². The fraction of sp³-hybridized carbons (Fsp3) is 0.429. The number of pyridine rings is 1. The highest BCUT2D eigenvalue weighted by Gasteiger charge is 2.35. The Labute approximate surface area is 154 Å². The zero-order valence-electron chi connectivity index (χ0n) is 15.6. The van der Waals surface area contributed by atoms with E-state index in [1.807, 2.05) is 4.90 Å². The van der Waals surface area contributed by atoms with E-state index in [1.165, 1.54) is 21.8 Å². The van der Waals surface area contributed by atoms with Crippen molar-refractivity contribution in [3.63, 3.8) is 0 Å². The van der Waals surface area contributed by atoms with E-state index in [1.54, 1.807) is 26.4 Å². The van der Waals surface area contributed by atoms with E-state index in [4.69, 9.17) is 4.74 Å². The molecule has 1 aromatic carbocycles. The van der Waals surface area contributed by atoms with Crippen molar-refractivity contribution in [2.45, 2.75) is 38.3 Å². The fourth-order valence-electron chi connectivity index (χ4n) is 3.60. The maximum absolute atomic E-state index is 13.1. The summed E-state index contributed by atoms with van der Waals surface area (Å²) in [5, 5.41) is 0. The van der Waals surface area contributed by atoms with Gasteiger partial charge in [0.1, 0.15) is 0 Å². The maximum atomic E-state index is 13.1. The Hall–Kier alpha value is -2.40. The van der Waals surface area contributed by atoms with Gasteiger partial charge in [0.15, 0.2) is 0 Å². The van der Waals surface area contributed by atoms with E-state index in [9.17, 15) is 9.59 Å². The van der Waals surface area contributed by atoms with Gasteiger partial charge in [0.25, 0.3) is 11.5 Å². The third kappa shape index (κ3) is 3.88. The van der Waals surface area contributed by atoms with Crippen LogP contribution in [0.4, 0.5) is 0 Å². The number of likely N-dealkylation sites (tertiary alicyclic amines) is 1. The molecule has 5 nitrogen and oxygen atoms in total. The van der Waals surface area contributed by atoms with Crippen LogP contribution in [-0.4, -0.2) is 41.2 Å². The summed E-state index contributed by atoms with van der Waals surface area (Å²) in [5.41, 5.74) is 2.67. The Kier molecular flexibility index (Phi) is 5.57. The van der Waals surface area contributed by atoms with Crippen molar-refractivity contribution in [3.05, 3.63) is 69.6 Å². The summed E-state index contributed by atoms with van der Waals surface area (Å²) >= 11 is 0. The summed E-state index contributed by atoms with van der Waals surface area (Å²) in [6, 6.07) is 11.5. The number of benzene rings is 1. The molecule has 1 aromatic heterocycles. The monoisotopic (exact) mass is 354 g/mol. The van der Waals surface area contributed by atoms with Gasteiger partial charge >= 0.3 is 0 Å². The molecule has 1 aliphatic rings. The predicted octanol–water partition coefficient (Wildman–Crippen LogP) is 2.56. The van der Waals surface area contributed by atoms with Gasteiger partial charge in [-0.25, -0.2) is 0 Å². The maximum Gasteiger partial charge on any atom is 0.254 e. The Morgan fingerprint density at radius 2 is 1.96 bits per heavy atom. The van der Waals surface area contributed by atoms with Crippen LogP contribution < -0.4 is 5.56 Å². The molecule has 1 saturated heterocycles. The minimum absolute atomic E-state index is 0.000508. The quantitative estimate of drug-likeness (QED) is 0.848. The number of rotatable bonds is 4. The van der Waals surface area contributed by atoms with Crippen LogP contribution in [0.2, 0.25) is 0 Å². The van der Waals surface area contributed by atoms with Crippen LogP contribution in [0.15, 0.2) is 47.4 Å². The third-order valence-corrected chi connectivity index (χ3v) is 5.20. The molecule has 0 aliphatic carbocycles. The van der Waals surface area contributed by atoms with Gasteiger partial charge in [-0.15, -0.1) is 0 Å². The zero-order valence-corrected chi connectivity index (χ0v) is 15.6. The van der Waals surface area contributed by atoms with Gasteiger partial charge < -0.3 is 14.2 Å². The number of nitrogens with zero attached hydrogens (tertiary/aromatic N) is 2. The van der Waals surface area contributed by atoms with Gasteiger partial charge in [-0.1, -0.05) is 29.8 Å². The smallest absolute Gasteiger partial charge is 0.254 e. The molecule has 0 saturated carbocycles. The molecule has 5 heteroatoms. The lowest BCUT2D eigenvalue weighted by atomic mass is 9.92. The first kappa shape index (κ1) is 18.4. The average Bonchev–Trinajstić information content (AvgIpc) is 2.65. The second kappa shape index (κ2) is 7.87. The largest absolute Gasteiger partial charge is 0.379 e. The molecule has 3 rings (SSSR count). The number of aryl methyl sites for hydroxylation is 2. The molecule has 0 unspecified atom stereocenters. The van der Waals surface area contributed by atoms with Gasteiger partial charge in [0.2, 0.25) is 0 Å². The highest BCUT2D eigenvalue weighted by atomic mass is 16.5. The van der Waals surface area contributed by atoms with E-state index in [0.29, 0.717) is 12.1 Å². The average molecular weight is 354 g/mol. The summed E-state index contributed by atoms with van der Waals surface area (Å²) in [6.45, 7) is 2.75. The topological polar surface area (TPSA) is 51.5 Å². The van der Waals surface area contributed by atoms with E-state index in [-0.39, 0.29) is 23.6 Å². The van der Waals surface area contributed by atoms with Crippen LogP contribution in [-0.2, 0) is 18.2 Å². The first-order chi connectivity index (χ1) is 12.5. The van der Waals surface area contributed by atoms with Crippen LogP contribution >= 0.6 is 0 Å². The van der Waals surface area contributed by atoms with E-state index < -0.39 is 0 Å². The molecule has 0 N–H and O–H groups in total. The minimum Gasteiger partial charge on any atom is -0.379 e. The Morgan fingerprint density at radius 1 is 1.23 bits per heavy atom. The van der Waals surface area contributed by atoms with Gasteiger partial charge in [0, 0.05) is 38.5 Å². The second-order valence-electron chi connectivity index (χ2n) is 7.04. The number of hydrogen-bond acceptors (Lipinski definition) is 3. The number of carbonyl (C=O) groups excluding carboxylic acids is 1. The van der Waals surface area contributed by atoms with E-state index in [0.717, 1.165) is 19.3 Å². The SMILES string of the molecule is CO[C@H]1CCCN(C(=O)c2ccn(C)c(=O)c2)[C@H]1Cc1ccc(C)cc1. The summed E-state index contributed by atoms with van der Waals surface area (Å²) in [6.07, 6.45) is 4.23. The number of aromatic nitrogens is 1. The molecule has 2 heterocycles. The third-order valence-electron chi connectivity index (χ3n) is 5.20. The van der Waals surface area contributed by atoms with Crippen molar-refractivity contribution < 1.29 is 9.53 Å². The van der Waals surface area contributed by atoms with Crippen LogP contribution in [0.3, 0.4) is 0 Å². The number of amides is 1. The molecular formula is C21H26N2O3. The van der Waals surface area contributed by atoms with Crippen molar-refractivity contribution in [1.29, 1.82) is 0 Å². The Bertz CT molecular complexity index is 826. The fourth-order valence-corrected chi connectivity index (χ4v) is 3.60. The highest BCUT2D eigenvalue weighted by Crippen LogP contribution is 2.25. The molecule has 0 radical (unpaired) electrons. The second-order valence-corrected chi connectivity index (χ2v) is 7.04. The summed E-state index contributed by atoms with van der Waals surface area (Å²) in [7, 11) is 3.39. The zero-order chi connectivity index (χ0) is 18.7. The molecule has 26 heavy (non-hydrogen) atoms. The van der Waals surface area contributed by atoms with E-state index >= 15 is 0 Å². The number of carbonyl (C=O) groups is 1. The predicted molar refractivity (Wildman–Crippen MR) is 101 cm³/mol. The molecule has 138 valence electrons. The molecular weight excluding hydrogens is 328 g/mol. The summed E-state index contributed by atoms with van der Waals surface area (Å²) in [4.78, 5) is 26.9. The van der Waals surface area contributed by atoms with Gasteiger partial charge in [-0.2, -0.15) is 0 Å². The summed E-state index contributed by atoms with van der Waals surface area (Å²) in [5.74, 6) is -0.0958. The number of ether oxygens (including phenoxy) is 1. The van der Waals surface area contributed by atoms with Gasteiger partial charge in [-0.05, 0) is 37.8 Å². The molecule has 0 spiro atoms. The first-order valence-corrected chi connectivity index (χ1v) is 9.05. The lowest BCUT2D eigenvalue weighted by molar-refractivity contribution is -0.0117. The molecule has 1 fully saturated rings. The van der Waals surface area contributed by atoms with Crippen molar-refractivity contribution in [2.75, 3.05) is 13.7 Å². The van der Waals surface area contributed by atoms with Crippen molar-refractivity contribution in [3.8, 4) is 0 Å². The molecule has 1 aliphatic heterocycles. The normalized spacial score (nSPS) is 20.2. The van der Waals surface area contributed by atoms with Gasteiger partial charge in [0.05, 0.1) is 12.1 Å². The van der Waals surface area contributed by atoms with Gasteiger partial charge in [-0.3, -0.25) is 9.59 Å². The number of piperidine rings is 1. The van der Waals surface area contributed by atoms with Crippen LogP contribution in [0.5, 0.6) is 0 Å².